The van der Waals surface area contributed by atoms with E-state index in [2.05, 4.69) is 5.10 Å². The number of aryl methyl sites for hydroxylation is 1. The van der Waals surface area contributed by atoms with Crippen LogP contribution in [0.15, 0.2) is 0 Å². The van der Waals surface area contributed by atoms with Gasteiger partial charge in [-0.25, -0.2) is 22.0 Å². The van der Waals surface area contributed by atoms with Crippen molar-refractivity contribution >= 4 is 27.4 Å². The average Bonchev–Trinajstić information content (AvgIpc) is 2.64. The maximum Gasteiger partial charge on any atom is 0.341 e. The third kappa shape index (κ3) is 3.63. The number of hydrogen-bond acceptors (Lipinski definition) is 4. The van der Waals surface area contributed by atoms with Crippen LogP contribution in [0.25, 0.3) is 0 Å². The molecule has 1 rings (SSSR count). The Balaban J connectivity index is 3.11. The van der Waals surface area contributed by atoms with Crippen LogP contribution in [-0.2, 0) is 16.4 Å². The molecule has 1 heterocycles. The third-order valence-electron chi connectivity index (χ3n) is 2.39. The first kappa shape index (κ1) is 15.8. The predicted octanol–water partition coefficient (Wildman–Crippen LogP) is 1.61. The smallest absolute Gasteiger partial charge is 0.341 e. The van der Waals surface area contributed by atoms with Crippen LogP contribution in [0.2, 0.25) is 5.15 Å². The molecule has 0 spiro atoms. The summed E-state index contributed by atoms with van der Waals surface area (Å²) in [5.74, 6) is -2.10. The molecule has 0 unspecified atom stereocenters. The first-order valence-corrected chi connectivity index (χ1v) is 7.37. The summed E-state index contributed by atoms with van der Waals surface area (Å²) in [4.78, 5) is 10.8. The van der Waals surface area contributed by atoms with Gasteiger partial charge in [-0.1, -0.05) is 18.5 Å². The van der Waals surface area contributed by atoms with Crippen LogP contribution in [0.5, 0.6) is 0 Å². The summed E-state index contributed by atoms with van der Waals surface area (Å²) in [6, 6.07) is 0. The van der Waals surface area contributed by atoms with E-state index in [1.165, 1.54) is 6.92 Å². The fourth-order valence-corrected chi connectivity index (χ4v) is 2.37. The molecule has 0 aromatic carbocycles. The predicted molar refractivity (Wildman–Crippen MR) is 63.5 cm³/mol. The summed E-state index contributed by atoms with van der Waals surface area (Å²) in [7, 11) is -3.33. The van der Waals surface area contributed by atoms with Gasteiger partial charge >= 0.3 is 5.97 Å². The number of hydrogen-bond donors (Lipinski definition) is 1. The van der Waals surface area contributed by atoms with E-state index in [-0.39, 0.29) is 18.1 Å². The molecule has 0 bridgehead atoms. The van der Waals surface area contributed by atoms with Crippen molar-refractivity contribution in [2.24, 2.45) is 0 Å². The lowest BCUT2D eigenvalue weighted by molar-refractivity contribution is 0.0684. The molecular formula is C9H11ClF2N2O4S. The number of aromatic carboxylic acids is 1. The van der Waals surface area contributed by atoms with Gasteiger partial charge in [0.15, 0.2) is 9.84 Å². The lowest BCUT2D eigenvalue weighted by Gasteiger charge is -2.03. The molecular weight excluding hydrogens is 306 g/mol. The van der Waals surface area contributed by atoms with Gasteiger partial charge in [-0.3, -0.25) is 4.68 Å². The van der Waals surface area contributed by atoms with E-state index in [0.29, 0.717) is 0 Å². The molecule has 0 aliphatic heterocycles. The van der Waals surface area contributed by atoms with E-state index >= 15 is 0 Å². The zero-order valence-corrected chi connectivity index (χ0v) is 11.4. The van der Waals surface area contributed by atoms with Crippen LogP contribution in [0, 0.1) is 0 Å². The van der Waals surface area contributed by atoms with Gasteiger partial charge in [0.2, 0.25) is 0 Å². The maximum absolute atomic E-state index is 12.6. The summed E-state index contributed by atoms with van der Waals surface area (Å²) in [6.45, 7) is 1.16. The number of rotatable bonds is 6. The standard InChI is InChI=1S/C9H11ClF2N2O4S/c1-2-19(17,18)4-3-14-7(10)5(9(15)16)6(13-14)8(11)12/h8H,2-4H2,1H3,(H,15,16). The number of carbonyl (C=O) groups is 1. The molecule has 108 valence electrons. The lowest BCUT2D eigenvalue weighted by atomic mass is 10.2. The molecule has 0 aliphatic carbocycles. The van der Waals surface area contributed by atoms with Crippen molar-refractivity contribution < 1.29 is 27.1 Å². The lowest BCUT2D eigenvalue weighted by Crippen LogP contribution is -2.15. The minimum atomic E-state index is -3.33. The van der Waals surface area contributed by atoms with Crippen LogP contribution in [-0.4, -0.2) is 40.8 Å². The Labute approximate surface area is 112 Å². The Bertz CT molecular complexity index is 585. The second kappa shape index (κ2) is 5.83. The summed E-state index contributed by atoms with van der Waals surface area (Å²) < 4.78 is 48.6. The van der Waals surface area contributed by atoms with Crippen LogP contribution >= 0.6 is 11.6 Å². The van der Waals surface area contributed by atoms with Crippen molar-refractivity contribution in [3.05, 3.63) is 16.4 Å². The molecule has 0 amide bonds. The highest BCUT2D eigenvalue weighted by molar-refractivity contribution is 7.91. The number of carboxylic acid groups (broad SMARTS) is 1. The molecule has 19 heavy (non-hydrogen) atoms. The van der Waals surface area contributed by atoms with E-state index in [0.717, 1.165) is 4.68 Å². The highest BCUT2D eigenvalue weighted by Crippen LogP contribution is 2.27. The van der Waals surface area contributed by atoms with Gasteiger partial charge < -0.3 is 5.11 Å². The van der Waals surface area contributed by atoms with Gasteiger partial charge in [0.05, 0.1) is 12.3 Å². The summed E-state index contributed by atoms with van der Waals surface area (Å²) in [5, 5.41) is 11.6. The summed E-state index contributed by atoms with van der Waals surface area (Å²) in [6.07, 6.45) is -3.10. The number of carboxylic acids is 1. The SMILES string of the molecule is CCS(=O)(=O)CCn1nc(C(F)F)c(C(=O)O)c1Cl. The Morgan fingerprint density at radius 2 is 2.11 bits per heavy atom. The quantitative estimate of drug-likeness (QED) is 0.861. The third-order valence-corrected chi connectivity index (χ3v) is 4.46. The Morgan fingerprint density at radius 3 is 2.47 bits per heavy atom. The Hall–Kier alpha value is -1.22. The van der Waals surface area contributed by atoms with Crippen LogP contribution in [0.1, 0.15) is 29.4 Å². The minimum Gasteiger partial charge on any atom is -0.478 e. The van der Waals surface area contributed by atoms with Crippen molar-refractivity contribution in [1.82, 2.24) is 9.78 Å². The molecule has 1 N–H and O–H groups in total. The molecule has 1 aromatic rings. The van der Waals surface area contributed by atoms with Crippen LogP contribution < -0.4 is 0 Å². The van der Waals surface area contributed by atoms with E-state index in [9.17, 15) is 22.0 Å². The molecule has 0 radical (unpaired) electrons. The monoisotopic (exact) mass is 316 g/mol. The Kier molecular flexibility index (Phi) is 4.86. The molecule has 10 heteroatoms. The fourth-order valence-electron chi connectivity index (χ4n) is 1.33. The molecule has 6 nitrogen and oxygen atoms in total. The number of alkyl halides is 2. The molecule has 0 saturated heterocycles. The number of nitrogens with zero attached hydrogens (tertiary/aromatic N) is 2. The average molecular weight is 317 g/mol. The van der Waals surface area contributed by atoms with Gasteiger partial charge in [0.1, 0.15) is 16.4 Å². The van der Waals surface area contributed by atoms with Crippen molar-refractivity contribution in [2.75, 3.05) is 11.5 Å². The molecule has 0 aliphatic rings. The van der Waals surface area contributed by atoms with E-state index in [1.807, 2.05) is 0 Å². The zero-order valence-electron chi connectivity index (χ0n) is 9.81. The Morgan fingerprint density at radius 1 is 1.53 bits per heavy atom. The highest BCUT2D eigenvalue weighted by Gasteiger charge is 2.28. The minimum absolute atomic E-state index is 0.112. The molecule has 0 atom stereocenters. The van der Waals surface area contributed by atoms with Crippen molar-refractivity contribution in [2.45, 2.75) is 19.9 Å². The second-order valence-corrected chi connectivity index (χ2v) is 6.45. The number of sulfone groups is 1. The van der Waals surface area contributed by atoms with Gasteiger partial charge in [0, 0.05) is 5.75 Å². The topological polar surface area (TPSA) is 89.3 Å². The first-order valence-electron chi connectivity index (χ1n) is 5.17. The van der Waals surface area contributed by atoms with Gasteiger partial charge in [-0.2, -0.15) is 5.10 Å². The van der Waals surface area contributed by atoms with Gasteiger partial charge in [0.25, 0.3) is 6.43 Å². The maximum atomic E-state index is 12.6. The van der Waals surface area contributed by atoms with E-state index in [1.54, 1.807) is 0 Å². The first-order chi connectivity index (χ1) is 8.69. The van der Waals surface area contributed by atoms with Crippen molar-refractivity contribution in [3.8, 4) is 0 Å². The van der Waals surface area contributed by atoms with E-state index < -0.39 is 38.6 Å². The van der Waals surface area contributed by atoms with Crippen LogP contribution in [0.3, 0.4) is 0 Å². The summed E-state index contributed by atoms with van der Waals surface area (Å²) in [5.41, 5.74) is -1.77. The van der Waals surface area contributed by atoms with Crippen molar-refractivity contribution in [3.63, 3.8) is 0 Å². The number of halogens is 3. The van der Waals surface area contributed by atoms with Gasteiger partial charge in [-0.15, -0.1) is 0 Å². The molecule has 0 fully saturated rings. The van der Waals surface area contributed by atoms with Gasteiger partial charge in [-0.05, 0) is 0 Å². The largest absolute Gasteiger partial charge is 0.478 e. The summed E-state index contributed by atoms with van der Waals surface area (Å²) >= 11 is 5.63. The molecule has 0 saturated carbocycles. The van der Waals surface area contributed by atoms with Crippen LogP contribution in [0.4, 0.5) is 8.78 Å². The normalized spacial score (nSPS) is 12.1. The molecule has 1 aromatic heterocycles. The number of aromatic nitrogens is 2. The zero-order chi connectivity index (χ0) is 14.8. The van der Waals surface area contributed by atoms with Crippen molar-refractivity contribution in [1.29, 1.82) is 0 Å². The highest BCUT2D eigenvalue weighted by atomic mass is 35.5. The fraction of sp³-hybridized carbons (Fsp3) is 0.556. The second-order valence-electron chi connectivity index (χ2n) is 3.62. The van der Waals surface area contributed by atoms with E-state index in [4.69, 9.17) is 16.7 Å².